The lowest BCUT2D eigenvalue weighted by atomic mass is 10.2. The van der Waals surface area contributed by atoms with Gasteiger partial charge in [-0.25, -0.2) is 0 Å². The number of hydrazine groups is 2. The summed E-state index contributed by atoms with van der Waals surface area (Å²) in [5.74, 6) is 0. The van der Waals surface area contributed by atoms with Crippen LogP contribution in [-0.2, 0) is 0 Å². The number of unbranched alkanes of at least 4 members (excludes halogenated alkanes) is 3. The van der Waals surface area contributed by atoms with E-state index in [0.29, 0.717) is 0 Å². The van der Waals surface area contributed by atoms with Crippen molar-refractivity contribution >= 4 is 6.21 Å². The average molecular weight is 182 g/mol. The Morgan fingerprint density at radius 1 is 1.38 bits per heavy atom. The third kappa shape index (κ3) is 4.52. The summed E-state index contributed by atoms with van der Waals surface area (Å²) in [4.78, 5) is 0. The molecule has 0 saturated heterocycles. The van der Waals surface area contributed by atoms with Gasteiger partial charge in [0.15, 0.2) is 0 Å². The van der Waals surface area contributed by atoms with Crippen LogP contribution in [0.5, 0.6) is 0 Å². The van der Waals surface area contributed by atoms with Crippen LogP contribution in [0.25, 0.3) is 0 Å². The van der Waals surface area contributed by atoms with Gasteiger partial charge in [0.05, 0.1) is 6.21 Å². The Morgan fingerprint density at radius 2 is 2.31 bits per heavy atom. The van der Waals surface area contributed by atoms with Gasteiger partial charge in [0, 0.05) is 12.7 Å². The molecule has 0 aromatic rings. The topological polar surface area (TPSA) is 39.7 Å². The van der Waals surface area contributed by atoms with Gasteiger partial charge in [-0.05, 0) is 12.5 Å². The SMILES string of the molecule is CCCCCCNN1N=CC=CN1. The second-order valence-electron chi connectivity index (χ2n) is 3.03. The molecular formula is C9H18N4. The Labute approximate surface area is 79.6 Å². The Bertz CT molecular complexity index is 176. The van der Waals surface area contributed by atoms with E-state index < -0.39 is 0 Å². The summed E-state index contributed by atoms with van der Waals surface area (Å²) in [5, 5.41) is 5.68. The molecule has 4 nitrogen and oxygen atoms in total. The Kier molecular flexibility index (Phi) is 5.01. The molecule has 0 saturated carbocycles. The second kappa shape index (κ2) is 6.48. The van der Waals surface area contributed by atoms with E-state index in [4.69, 9.17) is 0 Å². The van der Waals surface area contributed by atoms with E-state index in [1.165, 1.54) is 25.7 Å². The molecule has 1 rings (SSSR count). The normalized spacial score (nSPS) is 14.7. The molecule has 0 aromatic carbocycles. The number of nitrogens with zero attached hydrogens (tertiary/aromatic N) is 2. The molecule has 0 fully saturated rings. The first-order chi connectivity index (χ1) is 6.43. The summed E-state index contributed by atoms with van der Waals surface area (Å²) < 4.78 is 0. The quantitative estimate of drug-likeness (QED) is 0.610. The average Bonchev–Trinajstić information content (AvgIpc) is 2.19. The lowest BCUT2D eigenvalue weighted by Gasteiger charge is -2.20. The molecule has 0 aromatic heterocycles. The molecule has 0 unspecified atom stereocenters. The Morgan fingerprint density at radius 3 is 3.00 bits per heavy atom. The molecule has 0 amide bonds. The van der Waals surface area contributed by atoms with Crippen LogP contribution in [0.3, 0.4) is 0 Å². The molecule has 13 heavy (non-hydrogen) atoms. The minimum absolute atomic E-state index is 0.970. The predicted octanol–water partition coefficient (Wildman–Crippen LogP) is 1.39. The van der Waals surface area contributed by atoms with Crippen LogP contribution >= 0.6 is 0 Å². The molecule has 2 N–H and O–H groups in total. The summed E-state index contributed by atoms with van der Waals surface area (Å²) in [6.07, 6.45) is 10.5. The van der Waals surface area contributed by atoms with Crippen LogP contribution < -0.4 is 10.9 Å². The lowest BCUT2D eigenvalue weighted by Crippen LogP contribution is -2.43. The fraction of sp³-hybridized carbons (Fsp3) is 0.667. The second-order valence-corrected chi connectivity index (χ2v) is 3.03. The first-order valence-corrected chi connectivity index (χ1v) is 4.92. The van der Waals surface area contributed by atoms with Gasteiger partial charge in [0.2, 0.25) is 0 Å². The number of nitrogens with one attached hydrogen (secondary N) is 2. The fourth-order valence-corrected chi connectivity index (χ4v) is 1.12. The summed E-state index contributed by atoms with van der Waals surface area (Å²) in [7, 11) is 0. The van der Waals surface area contributed by atoms with Gasteiger partial charge in [-0.15, -0.1) is 10.3 Å². The van der Waals surface area contributed by atoms with Crippen LogP contribution in [0.2, 0.25) is 0 Å². The zero-order chi connectivity index (χ0) is 9.36. The highest BCUT2D eigenvalue weighted by atomic mass is 15.9. The highest BCUT2D eigenvalue weighted by molar-refractivity contribution is 5.70. The number of rotatable bonds is 6. The zero-order valence-corrected chi connectivity index (χ0v) is 8.16. The van der Waals surface area contributed by atoms with Crippen LogP contribution in [0.4, 0.5) is 0 Å². The van der Waals surface area contributed by atoms with Crippen molar-refractivity contribution in [3.05, 3.63) is 12.3 Å². The maximum absolute atomic E-state index is 4.05. The van der Waals surface area contributed by atoms with E-state index in [1.54, 1.807) is 11.4 Å². The van der Waals surface area contributed by atoms with E-state index in [2.05, 4.69) is 22.9 Å². The first kappa shape index (κ1) is 10.1. The smallest absolute Gasteiger partial charge is 0.0522 e. The van der Waals surface area contributed by atoms with Crippen molar-refractivity contribution in [3.8, 4) is 0 Å². The third-order valence-electron chi connectivity index (χ3n) is 1.85. The minimum Gasteiger partial charge on any atom is -0.275 e. The molecule has 0 radical (unpaired) electrons. The predicted molar refractivity (Wildman–Crippen MR) is 54.8 cm³/mol. The molecule has 74 valence electrons. The van der Waals surface area contributed by atoms with E-state index in [0.717, 1.165) is 6.54 Å². The van der Waals surface area contributed by atoms with E-state index >= 15 is 0 Å². The lowest BCUT2D eigenvalue weighted by molar-refractivity contribution is 0.145. The monoisotopic (exact) mass is 182 g/mol. The molecule has 1 aliphatic heterocycles. The van der Waals surface area contributed by atoms with E-state index in [1.807, 2.05) is 12.3 Å². The molecule has 1 heterocycles. The highest BCUT2D eigenvalue weighted by Gasteiger charge is 1.96. The van der Waals surface area contributed by atoms with Crippen molar-refractivity contribution in [2.75, 3.05) is 6.54 Å². The van der Waals surface area contributed by atoms with Gasteiger partial charge in [0.1, 0.15) is 0 Å². The summed E-state index contributed by atoms with van der Waals surface area (Å²) in [6, 6.07) is 0. The standard InChI is InChI=1S/C9H18N4/c1-2-3-4-5-7-10-13-11-8-6-9-12-13/h6,8-11H,2-5,7H2,1H3. The number of hydrogen-bond acceptors (Lipinski definition) is 4. The van der Waals surface area contributed by atoms with Gasteiger partial charge in [0.25, 0.3) is 0 Å². The van der Waals surface area contributed by atoms with Crippen LogP contribution in [-0.4, -0.2) is 18.0 Å². The van der Waals surface area contributed by atoms with E-state index in [-0.39, 0.29) is 0 Å². The molecule has 0 bridgehead atoms. The van der Waals surface area contributed by atoms with Gasteiger partial charge >= 0.3 is 0 Å². The molecule has 1 aliphatic rings. The maximum atomic E-state index is 4.05. The van der Waals surface area contributed by atoms with Crippen LogP contribution in [0, 0.1) is 0 Å². The van der Waals surface area contributed by atoms with Gasteiger partial charge in [-0.3, -0.25) is 5.43 Å². The molecule has 0 aliphatic carbocycles. The van der Waals surface area contributed by atoms with Crippen molar-refractivity contribution in [3.63, 3.8) is 0 Å². The van der Waals surface area contributed by atoms with Crippen molar-refractivity contribution in [2.45, 2.75) is 32.6 Å². The number of hydrazone groups is 1. The van der Waals surface area contributed by atoms with Crippen molar-refractivity contribution < 1.29 is 0 Å². The summed E-state index contributed by atoms with van der Waals surface area (Å²) in [6.45, 7) is 3.19. The summed E-state index contributed by atoms with van der Waals surface area (Å²) in [5.41, 5.74) is 6.11. The first-order valence-electron chi connectivity index (χ1n) is 4.92. The number of hydrogen-bond donors (Lipinski definition) is 2. The molecule has 0 spiro atoms. The largest absolute Gasteiger partial charge is 0.275 e. The van der Waals surface area contributed by atoms with Crippen molar-refractivity contribution in [1.29, 1.82) is 0 Å². The van der Waals surface area contributed by atoms with Crippen molar-refractivity contribution in [1.82, 2.24) is 16.1 Å². The van der Waals surface area contributed by atoms with Crippen LogP contribution in [0.1, 0.15) is 32.6 Å². The van der Waals surface area contributed by atoms with Gasteiger partial charge < -0.3 is 0 Å². The third-order valence-corrected chi connectivity index (χ3v) is 1.85. The molecule has 4 heteroatoms. The Hall–Kier alpha value is -1.03. The zero-order valence-electron chi connectivity index (χ0n) is 8.16. The fourth-order valence-electron chi connectivity index (χ4n) is 1.12. The summed E-state index contributed by atoms with van der Waals surface area (Å²) >= 11 is 0. The maximum Gasteiger partial charge on any atom is 0.0522 e. The van der Waals surface area contributed by atoms with Gasteiger partial charge in [-0.2, -0.15) is 5.43 Å². The molecule has 0 atom stereocenters. The van der Waals surface area contributed by atoms with Gasteiger partial charge in [-0.1, -0.05) is 26.2 Å². The molecular weight excluding hydrogens is 164 g/mol. The van der Waals surface area contributed by atoms with E-state index in [9.17, 15) is 0 Å². The highest BCUT2D eigenvalue weighted by Crippen LogP contribution is 1.97. The van der Waals surface area contributed by atoms with Crippen molar-refractivity contribution in [2.24, 2.45) is 5.10 Å². The minimum atomic E-state index is 0.970. The van der Waals surface area contributed by atoms with Crippen LogP contribution in [0.15, 0.2) is 17.4 Å². The number of allylic oxidation sites excluding steroid dienone is 1. The Balaban J connectivity index is 1.93.